The molecule has 2 saturated heterocycles. The van der Waals surface area contributed by atoms with Gasteiger partial charge in [-0.25, -0.2) is 0 Å². The Bertz CT molecular complexity index is 456. The SMILES string of the molecule is CC1CCOC1C(=O)Nc1nnc(C2CCCN2)o1. The van der Waals surface area contributed by atoms with Crippen molar-refractivity contribution in [3.8, 4) is 0 Å². The molecule has 104 valence electrons. The molecular formula is C12H18N4O3. The van der Waals surface area contributed by atoms with E-state index < -0.39 is 6.10 Å². The van der Waals surface area contributed by atoms with Crippen molar-refractivity contribution < 1.29 is 13.9 Å². The summed E-state index contributed by atoms with van der Waals surface area (Å²) in [6, 6.07) is 0.260. The summed E-state index contributed by atoms with van der Waals surface area (Å²) in [4.78, 5) is 12.0. The van der Waals surface area contributed by atoms with E-state index in [4.69, 9.17) is 9.15 Å². The second kappa shape index (κ2) is 5.26. The molecule has 0 saturated carbocycles. The summed E-state index contributed by atoms with van der Waals surface area (Å²) in [5, 5.41) is 13.7. The summed E-state index contributed by atoms with van der Waals surface area (Å²) in [5.74, 6) is 0.548. The lowest BCUT2D eigenvalue weighted by Crippen LogP contribution is -2.31. The van der Waals surface area contributed by atoms with E-state index in [1.54, 1.807) is 0 Å². The fraction of sp³-hybridized carbons (Fsp3) is 0.750. The molecule has 2 N–H and O–H groups in total. The summed E-state index contributed by atoms with van der Waals surface area (Å²) >= 11 is 0. The molecule has 2 aliphatic rings. The van der Waals surface area contributed by atoms with Gasteiger partial charge in [0.05, 0.1) is 6.04 Å². The molecule has 0 aromatic carbocycles. The number of amides is 1. The number of nitrogens with one attached hydrogen (secondary N) is 2. The molecule has 3 atom stereocenters. The van der Waals surface area contributed by atoms with Crippen LogP contribution < -0.4 is 10.6 Å². The maximum Gasteiger partial charge on any atom is 0.322 e. The number of hydrogen-bond acceptors (Lipinski definition) is 6. The smallest absolute Gasteiger partial charge is 0.322 e. The number of carbonyl (C=O) groups excluding carboxylic acids is 1. The molecule has 1 amide bonds. The van der Waals surface area contributed by atoms with Crippen LogP contribution in [0.25, 0.3) is 0 Å². The van der Waals surface area contributed by atoms with Crippen molar-refractivity contribution >= 4 is 11.9 Å². The molecule has 3 unspecified atom stereocenters. The number of hydrogen-bond donors (Lipinski definition) is 2. The van der Waals surface area contributed by atoms with E-state index in [-0.39, 0.29) is 23.9 Å². The Balaban J connectivity index is 1.61. The number of aromatic nitrogens is 2. The molecule has 0 bridgehead atoms. The minimum Gasteiger partial charge on any atom is -0.406 e. The van der Waals surface area contributed by atoms with Crippen molar-refractivity contribution in [3.63, 3.8) is 0 Å². The Hall–Kier alpha value is -1.47. The summed E-state index contributed by atoms with van der Waals surface area (Å²) in [6.45, 7) is 3.58. The van der Waals surface area contributed by atoms with Crippen LogP contribution in [-0.4, -0.2) is 35.4 Å². The van der Waals surface area contributed by atoms with Gasteiger partial charge in [0.25, 0.3) is 5.91 Å². The monoisotopic (exact) mass is 266 g/mol. The van der Waals surface area contributed by atoms with Crippen molar-refractivity contribution in [2.75, 3.05) is 18.5 Å². The maximum absolute atomic E-state index is 12.0. The first-order chi connectivity index (χ1) is 9.24. The molecule has 7 heteroatoms. The van der Waals surface area contributed by atoms with Crippen LogP contribution >= 0.6 is 0 Å². The number of carbonyl (C=O) groups is 1. The molecule has 2 aliphatic heterocycles. The first-order valence-electron chi connectivity index (χ1n) is 6.73. The van der Waals surface area contributed by atoms with Crippen LogP contribution in [0.2, 0.25) is 0 Å². The maximum atomic E-state index is 12.0. The predicted octanol–water partition coefficient (Wildman–Crippen LogP) is 0.858. The van der Waals surface area contributed by atoms with Gasteiger partial charge < -0.3 is 14.5 Å². The van der Waals surface area contributed by atoms with Crippen LogP contribution in [-0.2, 0) is 9.53 Å². The second-order valence-electron chi connectivity index (χ2n) is 5.14. The van der Waals surface area contributed by atoms with Gasteiger partial charge in [-0.3, -0.25) is 10.1 Å². The topological polar surface area (TPSA) is 89.3 Å². The zero-order valence-corrected chi connectivity index (χ0v) is 10.9. The van der Waals surface area contributed by atoms with Gasteiger partial charge in [-0.1, -0.05) is 12.0 Å². The Kier molecular flexibility index (Phi) is 3.48. The van der Waals surface area contributed by atoms with Crippen LogP contribution in [0.3, 0.4) is 0 Å². The Morgan fingerprint density at radius 3 is 3.00 bits per heavy atom. The summed E-state index contributed by atoms with van der Waals surface area (Å²) in [5.41, 5.74) is 0. The quantitative estimate of drug-likeness (QED) is 0.843. The van der Waals surface area contributed by atoms with Crippen LogP contribution in [0, 0.1) is 5.92 Å². The van der Waals surface area contributed by atoms with Gasteiger partial charge in [-0.2, -0.15) is 0 Å². The van der Waals surface area contributed by atoms with E-state index in [2.05, 4.69) is 20.8 Å². The third-order valence-electron chi connectivity index (χ3n) is 3.68. The minimum atomic E-state index is -0.417. The lowest BCUT2D eigenvalue weighted by Gasteiger charge is -2.12. The van der Waals surface area contributed by atoms with Gasteiger partial charge in [0.1, 0.15) is 6.10 Å². The Morgan fingerprint density at radius 1 is 1.42 bits per heavy atom. The average Bonchev–Trinajstić information content (AvgIpc) is 3.07. The lowest BCUT2D eigenvalue weighted by molar-refractivity contribution is -0.126. The third kappa shape index (κ3) is 2.62. The highest BCUT2D eigenvalue weighted by atomic mass is 16.5. The highest BCUT2D eigenvalue weighted by Gasteiger charge is 2.32. The molecule has 0 radical (unpaired) electrons. The molecule has 19 heavy (non-hydrogen) atoms. The highest BCUT2D eigenvalue weighted by Crippen LogP contribution is 2.24. The van der Waals surface area contributed by atoms with Gasteiger partial charge in [-0.15, -0.1) is 5.10 Å². The largest absolute Gasteiger partial charge is 0.406 e. The molecule has 2 fully saturated rings. The third-order valence-corrected chi connectivity index (χ3v) is 3.68. The van der Waals surface area contributed by atoms with E-state index in [0.29, 0.717) is 12.5 Å². The fourth-order valence-electron chi connectivity index (χ4n) is 2.53. The second-order valence-corrected chi connectivity index (χ2v) is 5.14. The van der Waals surface area contributed by atoms with E-state index in [1.807, 2.05) is 6.92 Å². The van der Waals surface area contributed by atoms with Gasteiger partial charge in [0.15, 0.2) is 0 Å². The Labute approximate surface area is 111 Å². The van der Waals surface area contributed by atoms with Crippen LogP contribution in [0.15, 0.2) is 4.42 Å². The van der Waals surface area contributed by atoms with E-state index in [9.17, 15) is 4.79 Å². The van der Waals surface area contributed by atoms with Crippen molar-refractivity contribution in [1.82, 2.24) is 15.5 Å². The van der Waals surface area contributed by atoms with E-state index >= 15 is 0 Å². The summed E-state index contributed by atoms with van der Waals surface area (Å²) in [7, 11) is 0. The van der Waals surface area contributed by atoms with Gasteiger partial charge in [-0.05, 0) is 31.7 Å². The van der Waals surface area contributed by atoms with Crippen molar-refractivity contribution in [1.29, 1.82) is 0 Å². The molecule has 1 aromatic rings. The van der Waals surface area contributed by atoms with Gasteiger partial charge in [0.2, 0.25) is 5.89 Å². The summed E-state index contributed by atoms with van der Waals surface area (Å²) < 4.78 is 10.9. The molecule has 0 spiro atoms. The lowest BCUT2D eigenvalue weighted by atomic mass is 10.0. The first-order valence-corrected chi connectivity index (χ1v) is 6.73. The minimum absolute atomic E-state index is 0.111. The van der Waals surface area contributed by atoms with Gasteiger partial charge >= 0.3 is 6.01 Å². The normalized spacial score (nSPS) is 30.7. The van der Waals surface area contributed by atoms with Crippen LogP contribution in [0.4, 0.5) is 6.01 Å². The predicted molar refractivity (Wildman–Crippen MR) is 66.4 cm³/mol. The molecule has 1 aromatic heterocycles. The zero-order chi connectivity index (χ0) is 13.2. The molecular weight excluding hydrogens is 248 g/mol. The number of anilines is 1. The van der Waals surface area contributed by atoms with Gasteiger partial charge in [0, 0.05) is 6.61 Å². The molecule has 3 heterocycles. The van der Waals surface area contributed by atoms with Crippen LogP contribution in [0.1, 0.15) is 38.1 Å². The van der Waals surface area contributed by atoms with E-state index in [0.717, 1.165) is 25.8 Å². The Morgan fingerprint density at radius 2 is 2.32 bits per heavy atom. The molecule has 7 nitrogen and oxygen atoms in total. The fourth-order valence-corrected chi connectivity index (χ4v) is 2.53. The highest BCUT2D eigenvalue weighted by molar-refractivity contribution is 5.92. The van der Waals surface area contributed by atoms with Crippen molar-refractivity contribution in [2.45, 2.75) is 38.3 Å². The first kappa shape index (κ1) is 12.6. The number of rotatable bonds is 3. The van der Waals surface area contributed by atoms with Crippen molar-refractivity contribution in [2.24, 2.45) is 5.92 Å². The van der Waals surface area contributed by atoms with E-state index in [1.165, 1.54) is 0 Å². The zero-order valence-electron chi connectivity index (χ0n) is 10.9. The average molecular weight is 266 g/mol. The summed E-state index contributed by atoms with van der Waals surface area (Å²) in [6.07, 6.45) is 2.57. The molecule has 3 rings (SSSR count). The number of nitrogens with zero attached hydrogens (tertiary/aromatic N) is 2. The number of ether oxygens (including phenoxy) is 1. The standard InChI is InChI=1S/C12H18N4O3/c1-7-4-6-18-9(7)10(17)14-12-16-15-11(19-12)8-3-2-5-13-8/h7-9,13H,2-6H2,1H3,(H,14,16,17). The van der Waals surface area contributed by atoms with Crippen LogP contribution in [0.5, 0.6) is 0 Å². The molecule has 0 aliphatic carbocycles. The van der Waals surface area contributed by atoms with Crippen molar-refractivity contribution in [3.05, 3.63) is 5.89 Å².